The molecule has 30 heavy (non-hydrogen) atoms. The summed E-state index contributed by atoms with van der Waals surface area (Å²) in [7, 11) is 1.39. The quantitative estimate of drug-likeness (QED) is 0.403. The van der Waals surface area contributed by atoms with Gasteiger partial charge in [0.15, 0.2) is 29.6 Å². The Balaban J connectivity index is 1.54. The molecule has 0 unspecified atom stereocenters. The lowest BCUT2D eigenvalue weighted by Crippen LogP contribution is -2.25. The maximum atomic E-state index is 12.0. The van der Waals surface area contributed by atoms with Crippen LogP contribution in [-0.2, 0) is 9.59 Å². The smallest absolute Gasteiger partial charge is 0.341 e. The van der Waals surface area contributed by atoms with Crippen molar-refractivity contribution in [3.8, 4) is 23.0 Å². The van der Waals surface area contributed by atoms with Gasteiger partial charge in [0.2, 0.25) is 6.79 Å². The highest BCUT2D eigenvalue weighted by atomic mass is 35.5. The summed E-state index contributed by atoms with van der Waals surface area (Å²) in [6.45, 7) is -0.394. The number of benzene rings is 2. The average molecular weight is 436 g/mol. The van der Waals surface area contributed by atoms with Crippen molar-refractivity contribution in [2.75, 3.05) is 32.4 Å². The number of hydrogen-bond acceptors (Lipinski definition) is 8. The number of methoxy groups -OCH3 is 1. The molecule has 10 nitrogen and oxygen atoms in total. The first-order valence-corrected chi connectivity index (χ1v) is 9.01. The number of carbonyl (C=O) groups excluding carboxylic acids is 1. The molecule has 1 amide bonds. The van der Waals surface area contributed by atoms with Crippen LogP contribution in [-0.4, -0.2) is 50.3 Å². The number of anilines is 1. The molecule has 3 N–H and O–H groups in total. The summed E-state index contributed by atoms with van der Waals surface area (Å²) in [4.78, 5) is 22.6. The van der Waals surface area contributed by atoms with E-state index in [4.69, 9.17) is 35.7 Å². The van der Waals surface area contributed by atoms with Crippen LogP contribution in [0.5, 0.6) is 23.0 Å². The van der Waals surface area contributed by atoms with Gasteiger partial charge in [-0.15, -0.1) is 0 Å². The van der Waals surface area contributed by atoms with Crippen molar-refractivity contribution < 1.29 is 33.6 Å². The third kappa shape index (κ3) is 5.45. The Bertz CT molecular complexity index is 981. The van der Waals surface area contributed by atoms with Gasteiger partial charge in [0.05, 0.1) is 24.9 Å². The minimum atomic E-state index is -1.14. The number of halogens is 1. The van der Waals surface area contributed by atoms with Crippen molar-refractivity contribution in [1.29, 1.82) is 0 Å². The second-order valence-electron chi connectivity index (χ2n) is 5.93. The van der Waals surface area contributed by atoms with Crippen molar-refractivity contribution in [2.45, 2.75) is 0 Å². The molecule has 0 saturated heterocycles. The SMILES string of the molecule is COc1cc(/C=N/NC(=O)CNc2ccc3c(c2)OCO3)cc(Cl)c1OCC(=O)O. The minimum Gasteiger partial charge on any atom is -0.493 e. The molecule has 11 heteroatoms. The number of rotatable bonds is 9. The number of nitrogens with one attached hydrogen (secondary N) is 2. The summed E-state index contributed by atoms with van der Waals surface area (Å²) in [5, 5.41) is 15.7. The lowest BCUT2D eigenvalue weighted by atomic mass is 10.2. The van der Waals surface area contributed by atoms with Gasteiger partial charge in [-0.1, -0.05) is 11.6 Å². The van der Waals surface area contributed by atoms with E-state index < -0.39 is 12.6 Å². The molecule has 1 heterocycles. The molecular weight excluding hydrogens is 418 g/mol. The molecule has 1 aliphatic rings. The Hall–Kier alpha value is -3.66. The van der Waals surface area contributed by atoms with Crippen molar-refractivity contribution in [1.82, 2.24) is 5.43 Å². The molecule has 0 bridgehead atoms. The summed E-state index contributed by atoms with van der Waals surface area (Å²) in [5.74, 6) is 0.0963. The Morgan fingerprint density at radius 1 is 1.27 bits per heavy atom. The van der Waals surface area contributed by atoms with Crippen LogP contribution in [0, 0.1) is 0 Å². The van der Waals surface area contributed by atoms with Crippen LogP contribution in [0.1, 0.15) is 5.56 Å². The molecule has 3 rings (SSSR count). The van der Waals surface area contributed by atoms with Crippen LogP contribution < -0.4 is 29.7 Å². The highest BCUT2D eigenvalue weighted by Crippen LogP contribution is 2.36. The second kappa shape index (κ2) is 9.70. The molecule has 158 valence electrons. The maximum absolute atomic E-state index is 12.0. The minimum absolute atomic E-state index is 0.0109. The fraction of sp³-hybridized carbons (Fsp3) is 0.211. The normalized spacial score (nSPS) is 11.9. The first-order valence-electron chi connectivity index (χ1n) is 8.64. The Kier molecular flexibility index (Phi) is 6.81. The van der Waals surface area contributed by atoms with Gasteiger partial charge in [0.1, 0.15) is 0 Å². The van der Waals surface area contributed by atoms with E-state index in [1.807, 2.05) is 0 Å². The zero-order valence-electron chi connectivity index (χ0n) is 15.8. The highest BCUT2D eigenvalue weighted by Gasteiger charge is 2.14. The van der Waals surface area contributed by atoms with Gasteiger partial charge >= 0.3 is 5.97 Å². The van der Waals surface area contributed by atoms with Gasteiger partial charge in [0, 0.05) is 11.8 Å². The van der Waals surface area contributed by atoms with Crippen LogP contribution in [0.25, 0.3) is 0 Å². The summed E-state index contributed by atoms with van der Waals surface area (Å²) in [5.41, 5.74) is 3.60. The molecule has 1 aliphatic heterocycles. The van der Waals surface area contributed by atoms with Crippen molar-refractivity contribution >= 4 is 35.4 Å². The van der Waals surface area contributed by atoms with Gasteiger partial charge < -0.3 is 29.4 Å². The number of aliphatic carboxylic acids is 1. The monoisotopic (exact) mass is 435 g/mol. The number of nitrogens with zero attached hydrogens (tertiary/aromatic N) is 1. The number of fused-ring (bicyclic) bond motifs is 1. The van der Waals surface area contributed by atoms with Crippen LogP contribution in [0.3, 0.4) is 0 Å². The van der Waals surface area contributed by atoms with Crippen LogP contribution in [0.15, 0.2) is 35.4 Å². The van der Waals surface area contributed by atoms with Crippen LogP contribution in [0.4, 0.5) is 5.69 Å². The molecule has 2 aromatic carbocycles. The Morgan fingerprint density at radius 3 is 2.83 bits per heavy atom. The molecule has 2 aromatic rings. The first-order chi connectivity index (χ1) is 14.5. The lowest BCUT2D eigenvalue weighted by Gasteiger charge is -2.11. The Labute approximate surface area is 176 Å². The van der Waals surface area contributed by atoms with E-state index in [0.29, 0.717) is 22.7 Å². The average Bonchev–Trinajstić information content (AvgIpc) is 3.18. The summed E-state index contributed by atoms with van der Waals surface area (Å²) < 4.78 is 20.8. The van der Waals surface area contributed by atoms with Gasteiger partial charge in [-0.3, -0.25) is 4.79 Å². The Morgan fingerprint density at radius 2 is 2.07 bits per heavy atom. The fourth-order valence-corrected chi connectivity index (χ4v) is 2.77. The fourth-order valence-electron chi connectivity index (χ4n) is 2.50. The van der Waals surface area contributed by atoms with E-state index in [0.717, 1.165) is 0 Å². The number of hydrogen-bond donors (Lipinski definition) is 3. The zero-order chi connectivity index (χ0) is 21.5. The molecule has 0 radical (unpaired) electrons. The predicted octanol–water partition coefficient (Wildman–Crippen LogP) is 2.10. The van der Waals surface area contributed by atoms with E-state index >= 15 is 0 Å². The van der Waals surface area contributed by atoms with Crippen molar-refractivity contribution in [2.24, 2.45) is 5.10 Å². The van der Waals surface area contributed by atoms with Gasteiger partial charge in [-0.2, -0.15) is 5.10 Å². The predicted molar refractivity (Wildman–Crippen MR) is 108 cm³/mol. The van der Waals surface area contributed by atoms with Gasteiger partial charge in [-0.25, -0.2) is 10.2 Å². The summed E-state index contributed by atoms with van der Waals surface area (Å²) in [6, 6.07) is 8.31. The third-order valence-electron chi connectivity index (χ3n) is 3.82. The third-order valence-corrected chi connectivity index (χ3v) is 4.10. The van der Waals surface area contributed by atoms with E-state index in [2.05, 4.69) is 15.8 Å². The molecular formula is C19H18ClN3O7. The molecule has 0 atom stereocenters. The van der Waals surface area contributed by atoms with Gasteiger partial charge in [-0.05, 0) is 29.8 Å². The number of ether oxygens (including phenoxy) is 4. The highest BCUT2D eigenvalue weighted by molar-refractivity contribution is 6.32. The number of amides is 1. The lowest BCUT2D eigenvalue weighted by molar-refractivity contribution is -0.139. The van der Waals surface area contributed by atoms with Crippen LogP contribution >= 0.6 is 11.6 Å². The van der Waals surface area contributed by atoms with E-state index in [-0.39, 0.29) is 35.8 Å². The van der Waals surface area contributed by atoms with E-state index in [1.165, 1.54) is 19.4 Å². The topological polar surface area (TPSA) is 128 Å². The molecule has 0 spiro atoms. The number of carboxylic acids is 1. The second-order valence-corrected chi connectivity index (χ2v) is 6.34. The summed E-state index contributed by atoms with van der Waals surface area (Å²) in [6.07, 6.45) is 1.37. The summed E-state index contributed by atoms with van der Waals surface area (Å²) >= 11 is 6.12. The van der Waals surface area contributed by atoms with Gasteiger partial charge in [0.25, 0.3) is 5.91 Å². The maximum Gasteiger partial charge on any atom is 0.341 e. The van der Waals surface area contributed by atoms with Crippen molar-refractivity contribution in [3.05, 3.63) is 40.9 Å². The number of hydrazone groups is 1. The number of carbonyl (C=O) groups is 2. The molecule has 0 aliphatic carbocycles. The zero-order valence-corrected chi connectivity index (χ0v) is 16.6. The number of carboxylic acid groups (broad SMARTS) is 1. The van der Waals surface area contributed by atoms with E-state index in [1.54, 1.807) is 24.3 Å². The standard InChI is InChI=1S/C19H18ClN3O7/c1-27-16-5-11(4-13(20)19(16)28-9-18(25)26)7-22-23-17(24)8-21-12-2-3-14-15(6-12)30-10-29-14/h2-7,21H,8-10H2,1H3,(H,23,24)(H,25,26)/b22-7+. The molecule has 0 fully saturated rings. The largest absolute Gasteiger partial charge is 0.493 e. The first kappa shape index (κ1) is 21.1. The van der Waals surface area contributed by atoms with Crippen LogP contribution in [0.2, 0.25) is 5.02 Å². The van der Waals surface area contributed by atoms with Crippen molar-refractivity contribution in [3.63, 3.8) is 0 Å². The van der Waals surface area contributed by atoms with E-state index in [9.17, 15) is 9.59 Å². The molecule has 0 aromatic heterocycles. The molecule has 0 saturated carbocycles.